The number of imidazole rings is 1. The van der Waals surface area contributed by atoms with Crippen LogP contribution in [-0.4, -0.2) is 31.1 Å². The number of carboxylic acids is 1. The molecule has 1 aliphatic carbocycles. The maximum atomic E-state index is 11.5. The molecular weight excluding hydrogens is 244 g/mol. The van der Waals surface area contributed by atoms with Crippen LogP contribution in [0.25, 0.3) is 11.0 Å². The van der Waals surface area contributed by atoms with Crippen LogP contribution >= 0.6 is 0 Å². The van der Waals surface area contributed by atoms with Crippen molar-refractivity contribution in [2.75, 3.05) is 5.32 Å². The first-order valence-electron chi connectivity index (χ1n) is 6.30. The van der Waals surface area contributed by atoms with Gasteiger partial charge in [0.2, 0.25) is 0 Å². The lowest BCUT2D eigenvalue weighted by Gasteiger charge is -2.26. The Morgan fingerprint density at radius 2 is 2.26 bits per heavy atom. The van der Waals surface area contributed by atoms with Crippen molar-refractivity contribution in [3.63, 3.8) is 0 Å². The van der Waals surface area contributed by atoms with E-state index in [-0.39, 0.29) is 5.92 Å². The van der Waals surface area contributed by atoms with Gasteiger partial charge in [0.25, 0.3) is 0 Å². The van der Waals surface area contributed by atoms with Gasteiger partial charge in [0.05, 0.1) is 11.8 Å². The molecular formula is C13H16N4O2. The van der Waals surface area contributed by atoms with E-state index in [1.165, 1.54) is 0 Å². The molecule has 0 aromatic carbocycles. The number of fused-ring (bicyclic) bond motifs is 1. The first kappa shape index (κ1) is 12.0. The Hall–Kier alpha value is -2.11. The van der Waals surface area contributed by atoms with Gasteiger partial charge in [0.15, 0.2) is 5.82 Å². The number of aliphatic carboxylic acids is 1. The number of carbonyl (C=O) groups is 1. The van der Waals surface area contributed by atoms with Crippen LogP contribution in [0.4, 0.5) is 5.82 Å². The summed E-state index contributed by atoms with van der Waals surface area (Å²) in [5.41, 5.74) is 0.665. The number of carboxylic acid groups (broad SMARTS) is 1. The van der Waals surface area contributed by atoms with Crippen LogP contribution in [0.15, 0.2) is 18.6 Å². The molecule has 19 heavy (non-hydrogen) atoms. The molecule has 2 heterocycles. The normalized spacial score (nSPS) is 18.2. The Labute approximate surface area is 110 Å². The zero-order valence-corrected chi connectivity index (χ0v) is 10.9. The van der Waals surface area contributed by atoms with E-state index in [4.69, 9.17) is 0 Å². The zero-order chi connectivity index (χ0) is 13.6. The first-order valence-corrected chi connectivity index (χ1v) is 6.30. The number of nitrogens with one attached hydrogen (secondary N) is 1. The summed E-state index contributed by atoms with van der Waals surface area (Å²) in [7, 11) is 1.90. The maximum Gasteiger partial charge on any atom is 0.329 e. The van der Waals surface area contributed by atoms with Gasteiger partial charge in [0.1, 0.15) is 11.1 Å². The number of pyridine rings is 1. The van der Waals surface area contributed by atoms with Crippen molar-refractivity contribution >= 4 is 22.8 Å². The molecule has 2 N–H and O–H groups in total. The predicted molar refractivity (Wildman–Crippen MR) is 70.9 cm³/mol. The van der Waals surface area contributed by atoms with Crippen molar-refractivity contribution in [3.8, 4) is 0 Å². The van der Waals surface area contributed by atoms with E-state index >= 15 is 0 Å². The molecule has 1 saturated carbocycles. The third-order valence-corrected chi connectivity index (χ3v) is 3.86. The Balaban J connectivity index is 2.03. The molecule has 6 nitrogen and oxygen atoms in total. The topological polar surface area (TPSA) is 80.0 Å². The van der Waals surface area contributed by atoms with Crippen LogP contribution in [0.3, 0.4) is 0 Å². The van der Waals surface area contributed by atoms with Gasteiger partial charge >= 0.3 is 5.97 Å². The van der Waals surface area contributed by atoms with Crippen LogP contribution in [0.2, 0.25) is 0 Å². The fourth-order valence-corrected chi connectivity index (χ4v) is 2.39. The molecule has 1 fully saturated rings. The number of hydrogen-bond donors (Lipinski definition) is 2. The third kappa shape index (κ3) is 1.83. The molecule has 0 spiro atoms. The van der Waals surface area contributed by atoms with Gasteiger partial charge in [-0.15, -0.1) is 0 Å². The predicted octanol–water partition coefficient (Wildman–Crippen LogP) is 1.63. The Morgan fingerprint density at radius 1 is 1.53 bits per heavy atom. The lowest BCUT2D eigenvalue weighted by Crippen LogP contribution is -2.45. The van der Waals surface area contributed by atoms with Gasteiger partial charge in [-0.3, -0.25) is 0 Å². The summed E-state index contributed by atoms with van der Waals surface area (Å²) >= 11 is 0. The standard InChI is InChI=1S/C13H16N4O2/c1-13(12(18)19,8-3-4-8)16-11-10-9(5-6-14-11)17(2)7-15-10/h5-8H,3-4H2,1-2H3,(H,14,16)(H,18,19). The van der Waals surface area contributed by atoms with Crippen molar-refractivity contribution in [2.24, 2.45) is 13.0 Å². The summed E-state index contributed by atoms with van der Waals surface area (Å²) in [6.07, 6.45) is 5.25. The Bertz CT molecular complexity index is 647. The fraction of sp³-hybridized carbons (Fsp3) is 0.462. The highest BCUT2D eigenvalue weighted by atomic mass is 16.4. The van der Waals surface area contributed by atoms with Gasteiger partial charge in [-0.25, -0.2) is 14.8 Å². The number of hydrogen-bond acceptors (Lipinski definition) is 4. The highest BCUT2D eigenvalue weighted by Gasteiger charge is 2.48. The number of nitrogens with zero attached hydrogens (tertiary/aromatic N) is 3. The lowest BCUT2D eigenvalue weighted by molar-refractivity contribution is -0.142. The molecule has 0 bridgehead atoms. The van der Waals surface area contributed by atoms with E-state index in [2.05, 4.69) is 15.3 Å². The monoisotopic (exact) mass is 260 g/mol. The van der Waals surface area contributed by atoms with Crippen molar-refractivity contribution in [2.45, 2.75) is 25.3 Å². The highest BCUT2D eigenvalue weighted by molar-refractivity contribution is 5.90. The van der Waals surface area contributed by atoms with E-state index in [0.717, 1.165) is 18.4 Å². The second kappa shape index (κ2) is 3.94. The molecule has 2 aromatic rings. The molecule has 1 aliphatic rings. The molecule has 3 rings (SSSR count). The summed E-state index contributed by atoms with van der Waals surface area (Å²) in [4.78, 5) is 20.1. The quantitative estimate of drug-likeness (QED) is 0.873. The average molecular weight is 260 g/mol. The molecule has 2 aromatic heterocycles. The third-order valence-electron chi connectivity index (χ3n) is 3.86. The number of aryl methyl sites for hydroxylation is 1. The van der Waals surface area contributed by atoms with Crippen molar-refractivity contribution < 1.29 is 9.90 Å². The molecule has 0 aliphatic heterocycles. The Morgan fingerprint density at radius 3 is 2.89 bits per heavy atom. The molecule has 1 unspecified atom stereocenters. The van der Waals surface area contributed by atoms with E-state index < -0.39 is 11.5 Å². The number of aromatic nitrogens is 3. The minimum atomic E-state index is -0.973. The summed E-state index contributed by atoms with van der Waals surface area (Å²) < 4.78 is 1.89. The van der Waals surface area contributed by atoms with Crippen LogP contribution < -0.4 is 5.32 Å². The minimum Gasteiger partial charge on any atom is -0.480 e. The van der Waals surface area contributed by atoms with Crippen LogP contribution in [-0.2, 0) is 11.8 Å². The molecule has 100 valence electrons. The minimum absolute atomic E-state index is 0.158. The Kier molecular flexibility index (Phi) is 2.48. The van der Waals surface area contributed by atoms with E-state index in [1.807, 2.05) is 17.7 Å². The van der Waals surface area contributed by atoms with Crippen molar-refractivity contribution in [3.05, 3.63) is 18.6 Å². The molecule has 0 amide bonds. The van der Waals surface area contributed by atoms with Crippen LogP contribution in [0.1, 0.15) is 19.8 Å². The average Bonchev–Trinajstić information content (AvgIpc) is 3.16. The van der Waals surface area contributed by atoms with Crippen molar-refractivity contribution in [1.82, 2.24) is 14.5 Å². The van der Waals surface area contributed by atoms with E-state index in [1.54, 1.807) is 19.4 Å². The second-order valence-corrected chi connectivity index (χ2v) is 5.29. The van der Waals surface area contributed by atoms with Crippen molar-refractivity contribution in [1.29, 1.82) is 0 Å². The fourth-order valence-electron chi connectivity index (χ4n) is 2.39. The van der Waals surface area contributed by atoms with E-state index in [0.29, 0.717) is 11.3 Å². The highest BCUT2D eigenvalue weighted by Crippen LogP contribution is 2.42. The molecule has 1 atom stereocenters. The number of rotatable bonds is 4. The van der Waals surface area contributed by atoms with Gasteiger partial charge in [-0.05, 0) is 31.7 Å². The number of anilines is 1. The van der Waals surface area contributed by atoms with Gasteiger partial charge < -0.3 is 15.0 Å². The zero-order valence-electron chi connectivity index (χ0n) is 10.9. The summed E-state index contributed by atoms with van der Waals surface area (Å²) in [5, 5.41) is 12.6. The molecule has 6 heteroatoms. The van der Waals surface area contributed by atoms with Gasteiger partial charge in [0, 0.05) is 13.2 Å². The van der Waals surface area contributed by atoms with Gasteiger partial charge in [-0.1, -0.05) is 0 Å². The molecule has 0 radical (unpaired) electrons. The first-order chi connectivity index (χ1) is 9.02. The second-order valence-electron chi connectivity index (χ2n) is 5.29. The lowest BCUT2D eigenvalue weighted by atomic mass is 9.96. The van der Waals surface area contributed by atoms with Gasteiger partial charge in [-0.2, -0.15) is 0 Å². The SMILES string of the molecule is Cn1cnc2c(NC(C)(C(=O)O)C3CC3)nccc21. The van der Waals surface area contributed by atoms with Crippen LogP contribution in [0.5, 0.6) is 0 Å². The largest absolute Gasteiger partial charge is 0.480 e. The summed E-state index contributed by atoms with van der Waals surface area (Å²) in [5.74, 6) is -0.148. The summed E-state index contributed by atoms with van der Waals surface area (Å²) in [6, 6.07) is 1.86. The summed E-state index contributed by atoms with van der Waals surface area (Å²) in [6.45, 7) is 1.72. The smallest absolute Gasteiger partial charge is 0.329 e. The molecule has 0 saturated heterocycles. The maximum absolute atomic E-state index is 11.5. The van der Waals surface area contributed by atoms with Crippen LogP contribution in [0, 0.1) is 5.92 Å². The van der Waals surface area contributed by atoms with E-state index in [9.17, 15) is 9.90 Å².